The highest BCUT2D eigenvalue weighted by Crippen LogP contribution is 2.30. The zero-order valence-corrected chi connectivity index (χ0v) is 13.2. The fourth-order valence-electron chi connectivity index (χ4n) is 1.61. The van der Waals surface area contributed by atoms with Gasteiger partial charge in [0.25, 0.3) is 5.69 Å². The second kappa shape index (κ2) is 6.81. The number of nitro groups is 1. The zero-order valence-electron chi connectivity index (χ0n) is 10.8. The minimum Gasteiger partial charge on any atom is -0.486 e. The maximum atomic E-state index is 10.7. The van der Waals surface area contributed by atoms with Crippen molar-refractivity contribution >= 4 is 33.0 Å². The van der Waals surface area contributed by atoms with Crippen molar-refractivity contribution in [2.45, 2.75) is 26.4 Å². The van der Waals surface area contributed by atoms with Gasteiger partial charge in [-0.05, 0) is 34.8 Å². The van der Waals surface area contributed by atoms with Crippen molar-refractivity contribution in [3.05, 3.63) is 48.9 Å². The number of aromatic nitrogens is 1. The molecule has 0 unspecified atom stereocenters. The van der Waals surface area contributed by atoms with Crippen molar-refractivity contribution < 1.29 is 9.66 Å². The third kappa shape index (κ3) is 3.77. The van der Waals surface area contributed by atoms with Gasteiger partial charge in [-0.3, -0.25) is 10.1 Å². The van der Waals surface area contributed by atoms with Gasteiger partial charge in [0.1, 0.15) is 12.4 Å². The van der Waals surface area contributed by atoms with E-state index in [9.17, 15) is 10.1 Å². The number of hydrogen-bond donors (Lipinski definition) is 0. The molecule has 5 nitrogen and oxygen atoms in total. The number of aryl methyl sites for hydroxylation is 1. The van der Waals surface area contributed by atoms with Crippen LogP contribution in [0.3, 0.4) is 0 Å². The highest BCUT2D eigenvalue weighted by atomic mass is 79.9. The molecule has 1 aromatic carbocycles. The van der Waals surface area contributed by atoms with E-state index in [2.05, 4.69) is 27.8 Å². The van der Waals surface area contributed by atoms with Crippen LogP contribution in [-0.4, -0.2) is 9.91 Å². The molecule has 2 aromatic rings. The molecule has 0 atom stereocenters. The third-order valence-corrected chi connectivity index (χ3v) is 4.18. The fraction of sp³-hybridized carbons (Fsp3) is 0.308. The summed E-state index contributed by atoms with van der Waals surface area (Å²) in [5.74, 6) is 0.448. The Labute approximate surface area is 128 Å². The van der Waals surface area contributed by atoms with Crippen LogP contribution in [0, 0.1) is 10.1 Å². The van der Waals surface area contributed by atoms with Gasteiger partial charge in [-0.2, -0.15) is 0 Å². The molecule has 1 heterocycles. The largest absolute Gasteiger partial charge is 0.486 e. The fourth-order valence-corrected chi connectivity index (χ4v) is 2.86. The smallest absolute Gasteiger partial charge is 0.273 e. The Morgan fingerprint density at radius 1 is 1.50 bits per heavy atom. The molecule has 0 aliphatic heterocycles. The summed E-state index contributed by atoms with van der Waals surface area (Å²) in [5, 5.41) is 13.8. The van der Waals surface area contributed by atoms with Gasteiger partial charge in [0, 0.05) is 11.4 Å². The van der Waals surface area contributed by atoms with Crippen molar-refractivity contribution in [3.8, 4) is 5.75 Å². The number of benzene rings is 1. The van der Waals surface area contributed by atoms with Gasteiger partial charge in [-0.25, -0.2) is 4.98 Å². The first-order valence-corrected chi connectivity index (χ1v) is 7.77. The topological polar surface area (TPSA) is 65.3 Å². The summed E-state index contributed by atoms with van der Waals surface area (Å²) in [6.45, 7) is 2.41. The Balaban J connectivity index is 2.05. The Morgan fingerprint density at radius 2 is 2.30 bits per heavy atom. The molecule has 2 rings (SSSR count). The second-order valence-electron chi connectivity index (χ2n) is 4.14. The molecule has 0 radical (unpaired) electrons. The van der Waals surface area contributed by atoms with Crippen LogP contribution in [0.5, 0.6) is 5.75 Å². The minimum absolute atomic E-state index is 0.00755. The molecule has 0 N–H and O–H groups in total. The van der Waals surface area contributed by atoms with Crippen LogP contribution in [0.25, 0.3) is 0 Å². The number of non-ortho nitro benzene ring substituents is 1. The molecule has 0 fully saturated rings. The number of halogens is 1. The molecule has 0 bridgehead atoms. The molecule has 7 heteroatoms. The summed E-state index contributed by atoms with van der Waals surface area (Å²) in [4.78, 5) is 14.7. The number of nitrogens with zero attached hydrogens (tertiary/aromatic N) is 2. The average molecular weight is 357 g/mol. The van der Waals surface area contributed by atoms with Crippen molar-refractivity contribution in [1.29, 1.82) is 0 Å². The molecule has 0 saturated carbocycles. The van der Waals surface area contributed by atoms with Gasteiger partial charge < -0.3 is 4.74 Å². The Kier molecular flexibility index (Phi) is 5.08. The third-order valence-electron chi connectivity index (χ3n) is 2.56. The quantitative estimate of drug-likeness (QED) is 0.570. The summed E-state index contributed by atoms with van der Waals surface area (Å²) in [6, 6.07) is 4.44. The van der Waals surface area contributed by atoms with Crippen LogP contribution in [-0.2, 0) is 13.0 Å². The highest BCUT2D eigenvalue weighted by molar-refractivity contribution is 9.10. The SMILES string of the molecule is CCCc1nc(COc2cc([N+](=O)[O-])ccc2Br)cs1. The molecular formula is C13H13BrN2O3S. The maximum Gasteiger partial charge on any atom is 0.273 e. The number of rotatable bonds is 6. The lowest BCUT2D eigenvalue weighted by atomic mass is 10.3. The van der Waals surface area contributed by atoms with Crippen molar-refractivity contribution in [2.24, 2.45) is 0 Å². The number of ether oxygens (including phenoxy) is 1. The Morgan fingerprint density at radius 3 is 3.00 bits per heavy atom. The second-order valence-corrected chi connectivity index (χ2v) is 5.94. The summed E-state index contributed by atoms with van der Waals surface area (Å²) in [7, 11) is 0. The van der Waals surface area contributed by atoms with Gasteiger partial charge in [-0.1, -0.05) is 6.92 Å². The van der Waals surface area contributed by atoms with Gasteiger partial charge >= 0.3 is 0 Å². The van der Waals surface area contributed by atoms with E-state index < -0.39 is 4.92 Å². The van der Waals surface area contributed by atoms with Crippen molar-refractivity contribution in [1.82, 2.24) is 4.98 Å². The van der Waals surface area contributed by atoms with Gasteiger partial charge in [0.15, 0.2) is 0 Å². The monoisotopic (exact) mass is 356 g/mol. The van der Waals surface area contributed by atoms with E-state index in [1.54, 1.807) is 17.4 Å². The average Bonchev–Trinajstić information content (AvgIpc) is 2.86. The van der Waals surface area contributed by atoms with E-state index in [-0.39, 0.29) is 5.69 Å². The standard InChI is InChI=1S/C13H13BrN2O3S/c1-2-3-13-15-9(8-20-13)7-19-12-6-10(16(17)18)4-5-11(12)14/h4-6,8H,2-3,7H2,1H3. The summed E-state index contributed by atoms with van der Waals surface area (Å²) < 4.78 is 6.29. The maximum absolute atomic E-state index is 10.7. The molecule has 106 valence electrons. The van der Waals surface area contributed by atoms with E-state index >= 15 is 0 Å². The Bertz CT molecular complexity index is 615. The zero-order chi connectivity index (χ0) is 14.5. The van der Waals surface area contributed by atoms with Crippen molar-refractivity contribution in [3.63, 3.8) is 0 Å². The van der Waals surface area contributed by atoms with E-state index in [1.807, 2.05) is 5.38 Å². The Hall–Kier alpha value is -1.47. The highest BCUT2D eigenvalue weighted by Gasteiger charge is 2.11. The lowest BCUT2D eigenvalue weighted by Crippen LogP contribution is -1.98. The summed E-state index contributed by atoms with van der Waals surface area (Å²) in [5.41, 5.74) is 0.852. The van der Waals surface area contributed by atoms with Gasteiger partial charge in [-0.15, -0.1) is 11.3 Å². The van der Waals surface area contributed by atoms with Crippen molar-refractivity contribution in [2.75, 3.05) is 0 Å². The lowest BCUT2D eigenvalue weighted by Gasteiger charge is -2.06. The normalized spacial score (nSPS) is 10.5. The molecule has 0 aliphatic rings. The van der Waals surface area contributed by atoms with Gasteiger partial charge in [0.2, 0.25) is 0 Å². The molecular weight excluding hydrogens is 344 g/mol. The van der Waals surface area contributed by atoms with E-state index in [0.717, 1.165) is 23.5 Å². The van der Waals surface area contributed by atoms with Crippen LogP contribution in [0.15, 0.2) is 28.1 Å². The first kappa shape index (κ1) is 14.9. The van der Waals surface area contributed by atoms with Crippen LogP contribution < -0.4 is 4.74 Å². The summed E-state index contributed by atoms with van der Waals surface area (Å²) >= 11 is 4.93. The minimum atomic E-state index is -0.443. The number of nitro benzene ring substituents is 1. The van der Waals surface area contributed by atoms with Crippen LogP contribution in [0.4, 0.5) is 5.69 Å². The molecule has 1 aromatic heterocycles. The molecule has 0 aliphatic carbocycles. The first-order valence-electron chi connectivity index (χ1n) is 6.10. The molecule has 0 spiro atoms. The molecule has 20 heavy (non-hydrogen) atoms. The van der Waals surface area contributed by atoms with E-state index in [1.165, 1.54) is 12.1 Å². The number of thiazole rings is 1. The van der Waals surface area contributed by atoms with Gasteiger partial charge in [0.05, 0.1) is 26.2 Å². The van der Waals surface area contributed by atoms with Crippen LogP contribution in [0.2, 0.25) is 0 Å². The van der Waals surface area contributed by atoms with E-state index in [0.29, 0.717) is 16.8 Å². The first-order chi connectivity index (χ1) is 9.60. The molecule has 0 amide bonds. The lowest BCUT2D eigenvalue weighted by molar-refractivity contribution is -0.385. The molecule has 0 saturated heterocycles. The van der Waals surface area contributed by atoms with Crippen LogP contribution in [0.1, 0.15) is 24.0 Å². The predicted octanol–water partition coefficient (Wildman–Crippen LogP) is 4.35. The van der Waals surface area contributed by atoms with Crippen LogP contribution >= 0.6 is 27.3 Å². The van der Waals surface area contributed by atoms with E-state index in [4.69, 9.17) is 4.74 Å². The number of hydrogen-bond acceptors (Lipinski definition) is 5. The summed E-state index contributed by atoms with van der Waals surface area (Å²) in [6.07, 6.45) is 2.02. The predicted molar refractivity (Wildman–Crippen MR) is 81.2 cm³/mol.